The van der Waals surface area contributed by atoms with E-state index in [2.05, 4.69) is 15.6 Å². The van der Waals surface area contributed by atoms with Gasteiger partial charge < -0.3 is 20.1 Å². The molecular weight excluding hydrogens is 404 g/mol. The van der Waals surface area contributed by atoms with Crippen LogP contribution in [0.4, 0.5) is 0 Å². The van der Waals surface area contributed by atoms with E-state index in [9.17, 15) is 20.1 Å². The summed E-state index contributed by atoms with van der Waals surface area (Å²) >= 11 is 0. The first-order valence-electron chi connectivity index (χ1n) is 10.4. The molecule has 11 nitrogen and oxygen atoms in total. The number of guanidine groups is 2. The van der Waals surface area contributed by atoms with E-state index in [4.69, 9.17) is 16.2 Å². The van der Waals surface area contributed by atoms with Crippen molar-refractivity contribution in [2.45, 2.75) is 62.4 Å². The number of aliphatic hydroxyl groups excluding tert-OH is 1. The fourth-order valence-corrected chi connectivity index (χ4v) is 5.05. The lowest BCUT2D eigenvalue weighted by molar-refractivity contribution is -0.692. The maximum Gasteiger partial charge on any atom is 0.347 e. The van der Waals surface area contributed by atoms with Crippen LogP contribution in [0.2, 0.25) is 0 Å². The van der Waals surface area contributed by atoms with Crippen molar-refractivity contribution in [3.05, 3.63) is 35.4 Å². The fraction of sp³-hybridized carbons (Fsp3) is 0.550. The number of hydrogen-bond donors (Lipinski definition) is 8. The number of carbonyl (C=O) groups is 1. The van der Waals surface area contributed by atoms with Crippen LogP contribution in [0.3, 0.4) is 0 Å². The Morgan fingerprint density at radius 2 is 1.97 bits per heavy atom. The molecule has 5 atom stereocenters. The molecule has 1 aromatic rings. The Morgan fingerprint density at radius 1 is 1.29 bits per heavy atom. The minimum Gasteiger partial charge on any atom is -0.449 e. The summed E-state index contributed by atoms with van der Waals surface area (Å²) in [7, 11) is 0. The first-order valence-corrected chi connectivity index (χ1v) is 10.4. The molecule has 1 spiro atoms. The number of nitrogens with two attached hydrogens (primary N) is 2. The molecule has 168 valence electrons. The third-order valence-corrected chi connectivity index (χ3v) is 6.40. The number of esters is 1. The minimum absolute atomic E-state index is 0.0955. The lowest BCUT2D eigenvalue weighted by Gasteiger charge is -2.40. The van der Waals surface area contributed by atoms with Crippen LogP contribution in [0.5, 0.6) is 0 Å². The van der Waals surface area contributed by atoms with Crippen molar-refractivity contribution in [2.75, 3.05) is 6.61 Å². The van der Waals surface area contributed by atoms with E-state index in [1.54, 1.807) is 28.8 Å². The SMILES string of the molecule is CCC[C@H]1[C@H](OC(=O)c2ccc(C)cc2)C(O)(O)[C@]23NC(N)=[NH+][C@H]2[C@H](CO)NC(N)=[N+]13. The Kier molecular flexibility index (Phi) is 5.07. The van der Waals surface area contributed by atoms with Crippen molar-refractivity contribution in [1.29, 1.82) is 0 Å². The first kappa shape index (κ1) is 21.3. The number of carbonyl (C=O) groups excluding carboxylic acids is 1. The van der Waals surface area contributed by atoms with Gasteiger partial charge in [0.15, 0.2) is 12.1 Å². The van der Waals surface area contributed by atoms with E-state index in [-0.39, 0.29) is 18.5 Å². The third-order valence-electron chi connectivity index (χ3n) is 6.40. The van der Waals surface area contributed by atoms with Gasteiger partial charge in [0.2, 0.25) is 0 Å². The van der Waals surface area contributed by atoms with E-state index < -0.39 is 41.6 Å². The highest BCUT2D eigenvalue weighted by Gasteiger charge is 2.81. The molecule has 0 unspecified atom stereocenters. The zero-order valence-corrected chi connectivity index (χ0v) is 17.5. The van der Waals surface area contributed by atoms with Crippen LogP contribution >= 0.6 is 0 Å². The van der Waals surface area contributed by atoms with E-state index >= 15 is 0 Å². The second kappa shape index (κ2) is 7.36. The molecule has 0 radical (unpaired) electrons. The molecule has 0 bridgehead atoms. The van der Waals surface area contributed by atoms with Gasteiger partial charge >= 0.3 is 23.6 Å². The van der Waals surface area contributed by atoms with E-state index in [0.717, 1.165) is 5.56 Å². The molecule has 3 aliphatic heterocycles. The van der Waals surface area contributed by atoms with E-state index in [1.807, 2.05) is 13.8 Å². The van der Waals surface area contributed by atoms with Gasteiger partial charge in [-0.2, -0.15) is 0 Å². The Morgan fingerprint density at radius 3 is 2.58 bits per heavy atom. The summed E-state index contributed by atoms with van der Waals surface area (Å²) in [6.45, 7) is 3.49. The van der Waals surface area contributed by atoms with Gasteiger partial charge in [0.05, 0.1) is 12.2 Å². The molecule has 3 heterocycles. The molecule has 4 rings (SSSR count). The summed E-state index contributed by atoms with van der Waals surface area (Å²) in [5.41, 5.74) is 11.9. The Hall–Kier alpha value is -2.89. The van der Waals surface area contributed by atoms with Gasteiger partial charge in [-0.1, -0.05) is 31.0 Å². The van der Waals surface area contributed by atoms with E-state index in [1.165, 1.54) is 0 Å². The molecule has 1 saturated heterocycles. The standard InChI is InChI=1S/C20H28N6O5/c1-3-4-13-15(31-16(28)11-7-5-10(2)6-8-11)20(29,30)19-14(24-17(21)25-19)12(9-27)23-18(22)26(13)19/h5-8,12-15,27,29-30H,3-4,9H2,1-2H3,(H5,21,22,23,24,25)/p+2/t12-,13-,14-,15-,19-/m0/s1. The molecule has 0 saturated carbocycles. The van der Waals surface area contributed by atoms with Crippen LogP contribution in [-0.4, -0.2) is 80.1 Å². The van der Waals surface area contributed by atoms with Gasteiger partial charge in [0.1, 0.15) is 12.1 Å². The molecule has 10 N–H and O–H groups in total. The summed E-state index contributed by atoms with van der Waals surface area (Å²) < 4.78 is 7.28. The van der Waals surface area contributed by atoms with Crippen LogP contribution < -0.4 is 27.1 Å². The molecule has 1 fully saturated rings. The molecule has 31 heavy (non-hydrogen) atoms. The summed E-state index contributed by atoms with van der Waals surface area (Å²) in [4.78, 5) is 15.8. The number of benzene rings is 1. The van der Waals surface area contributed by atoms with Crippen molar-refractivity contribution in [1.82, 2.24) is 10.6 Å². The highest BCUT2D eigenvalue weighted by atomic mass is 16.6. The smallest absolute Gasteiger partial charge is 0.347 e. The molecule has 11 heteroatoms. The van der Waals surface area contributed by atoms with Crippen LogP contribution in [-0.2, 0) is 4.74 Å². The van der Waals surface area contributed by atoms with Crippen LogP contribution in [0.25, 0.3) is 0 Å². The quantitative estimate of drug-likeness (QED) is 0.129. The van der Waals surface area contributed by atoms with Crippen molar-refractivity contribution < 1.29 is 34.4 Å². The average molecular weight is 434 g/mol. The van der Waals surface area contributed by atoms with Crippen molar-refractivity contribution in [2.24, 2.45) is 11.5 Å². The summed E-state index contributed by atoms with van der Waals surface area (Å²) in [6.07, 6.45) is -0.224. The predicted octanol–water partition coefficient (Wildman–Crippen LogP) is -4.26. The number of rotatable bonds is 5. The first-order chi connectivity index (χ1) is 14.7. The number of nitrogens with one attached hydrogen (secondary N) is 3. The highest BCUT2D eigenvalue weighted by molar-refractivity contribution is 5.89. The monoisotopic (exact) mass is 434 g/mol. The number of aryl methyl sites for hydroxylation is 1. The predicted molar refractivity (Wildman–Crippen MR) is 110 cm³/mol. The van der Waals surface area contributed by atoms with Gasteiger partial charge in [-0.3, -0.25) is 21.8 Å². The van der Waals surface area contributed by atoms with Gasteiger partial charge in [-0.15, -0.1) is 0 Å². The average Bonchev–Trinajstić information content (AvgIpc) is 3.16. The number of nitrogens with zero attached hydrogens (tertiary/aromatic N) is 1. The van der Waals surface area contributed by atoms with E-state index in [0.29, 0.717) is 18.4 Å². The van der Waals surface area contributed by atoms with Crippen LogP contribution in [0, 0.1) is 6.92 Å². The van der Waals surface area contributed by atoms with Gasteiger partial charge in [-0.05, 0) is 25.5 Å². The molecule has 0 aromatic heterocycles. The fourth-order valence-electron chi connectivity index (χ4n) is 5.05. The number of hydrogen-bond acceptors (Lipinski definition) is 9. The van der Waals surface area contributed by atoms with Gasteiger partial charge in [-0.25, -0.2) is 14.7 Å². The third kappa shape index (κ3) is 2.95. The Bertz CT molecular complexity index is 946. The zero-order valence-electron chi connectivity index (χ0n) is 17.5. The topological polar surface area (TPSA) is 180 Å². The normalized spacial score (nSPS) is 33.1. The van der Waals surface area contributed by atoms with Crippen molar-refractivity contribution >= 4 is 17.9 Å². The lowest BCUT2D eigenvalue weighted by Crippen LogP contribution is -2.92. The summed E-state index contributed by atoms with van der Waals surface area (Å²) in [6, 6.07) is 4.69. The molecular formula is C20H30N6O5+2. The molecule has 1 aromatic carbocycles. The number of aliphatic hydroxyl groups is 3. The Labute approximate surface area is 179 Å². The van der Waals surface area contributed by atoms with Gasteiger partial charge in [0, 0.05) is 0 Å². The minimum atomic E-state index is -2.59. The van der Waals surface area contributed by atoms with Crippen LogP contribution in [0.15, 0.2) is 24.3 Å². The lowest BCUT2D eigenvalue weighted by atomic mass is 9.86. The van der Waals surface area contributed by atoms with Crippen molar-refractivity contribution in [3.63, 3.8) is 0 Å². The zero-order chi connectivity index (χ0) is 22.6. The molecule has 3 aliphatic rings. The largest absolute Gasteiger partial charge is 0.449 e. The summed E-state index contributed by atoms with van der Waals surface area (Å²) in [5.74, 6) is -3.05. The Balaban J connectivity index is 1.79. The molecule has 0 amide bonds. The second-order valence-electron chi connectivity index (χ2n) is 8.39. The van der Waals surface area contributed by atoms with Crippen molar-refractivity contribution in [3.8, 4) is 0 Å². The molecule has 0 aliphatic carbocycles. The number of ether oxygens (including phenoxy) is 1. The second-order valence-corrected chi connectivity index (χ2v) is 8.39. The summed E-state index contributed by atoms with van der Waals surface area (Å²) in [5, 5.41) is 38.8. The highest BCUT2D eigenvalue weighted by Crippen LogP contribution is 2.43. The van der Waals surface area contributed by atoms with Gasteiger partial charge in [0.25, 0.3) is 5.79 Å². The van der Waals surface area contributed by atoms with Crippen LogP contribution in [0.1, 0.15) is 35.7 Å². The maximum absolute atomic E-state index is 12.9. The maximum atomic E-state index is 12.9.